The third-order valence-corrected chi connectivity index (χ3v) is 15.0. The third-order valence-electron chi connectivity index (χ3n) is 11.7. The van der Waals surface area contributed by atoms with Crippen molar-refractivity contribution >= 4 is 109 Å². The zero-order valence-electron chi connectivity index (χ0n) is 43.8. The number of Topliss-reactive ketones (excluding diaryl/α,β-unsaturated/α-hetero) is 6. The van der Waals surface area contributed by atoms with E-state index in [0.717, 1.165) is 43.0 Å². The number of carbonyl (C=O) groups excluding carboxylic acids is 13. The highest BCUT2D eigenvalue weighted by molar-refractivity contribution is 8.93. The van der Waals surface area contributed by atoms with Gasteiger partial charge >= 0.3 is 0 Å². The van der Waals surface area contributed by atoms with Gasteiger partial charge in [0.25, 0.3) is 0 Å². The summed E-state index contributed by atoms with van der Waals surface area (Å²) in [4.78, 5) is 162. The molecule has 1 aromatic rings. The van der Waals surface area contributed by atoms with Crippen molar-refractivity contribution in [3.63, 3.8) is 0 Å². The smallest absolute Gasteiger partial charge is 0.246 e. The minimum Gasteiger partial charge on any atom is -0.379 e. The number of thioether (sulfide) groups is 1. The van der Waals surface area contributed by atoms with Gasteiger partial charge in [-0.3, -0.25) is 67.2 Å². The molecule has 27 heteroatoms. The second kappa shape index (κ2) is 35.9. The average molecular weight is 1140 g/mol. The Labute approximate surface area is 458 Å². The highest BCUT2D eigenvalue weighted by atomic mass is 33.2. The molecule has 2 heterocycles. The monoisotopic (exact) mass is 1140 g/mol. The van der Waals surface area contributed by atoms with E-state index in [4.69, 9.17) is 23.7 Å². The van der Waals surface area contributed by atoms with Crippen LogP contribution in [0, 0.1) is 5.41 Å². The van der Waals surface area contributed by atoms with Crippen molar-refractivity contribution in [3.8, 4) is 0 Å². The zero-order chi connectivity index (χ0) is 56.8. The zero-order valence-corrected chi connectivity index (χ0v) is 46.3. The number of ketones is 6. The van der Waals surface area contributed by atoms with Crippen LogP contribution in [0.4, 0.5) is 0 Å². The Morgan fingerprint density at radius 2 is 1.25 bits per heavy atom. The first-order valence-electron chi connectivity index (χ1n) is 25.0. The quantitative estimate of drug-likeness (QED) is 0.0180. The molecule has 2 fully saturated rings. The topological polar surface area (TPSA) is 331 Å². The molecule has 0 aromatic heterocycles. The lowest BCUT2D eigenvalue weighted by Crippen LogP contribution is -2.53. The lowest BCUT2D eigenvalue weighted by Gasteiger charge is -2.23. The predicted octanol–water partition coefficient (Wildman–Crippen LogP) is -0.573. The average Bonchev–Trinajstić information content (AvgIpc) is 4.21. The van der Waals surface area contributed by atoms with Crippen molar-refractivity contribution in [2.75, 3.05) is 105 Å². The van der Waals surface area contributed by atoms with Crippen LogP contribution in [0.25, 0.3) is 0 Å². The molecule has 0 radical (unpaired) electrons. The van der Waals surface area contributed by atoms with Crippen LogP contribution in [-0.4, -0.2) is 202 Å². The fraction of sp³-hybridized carbons (Fsp3) is 0.620. The van der Waals surface area contributed by atoms with E-state index in [2.05, 4.69) is 26.6 Å². The Morgan fingerprint density at radius 1 is 0.649 bits per heavy atom. The highest BCUT2D eigenvalue weighted by Crippen LogP contribution is 2.54. The van der Waals surface area contributed by atoms with Crippen LogP contribution in [0.3, 0.4) is 0 Å². The molecule has 426 valence electrons. The lowest BCUT2D eigenvalue weighted by atomic mass is 9.72. The van der Waals surface area contributed by atoms with Crippen molar-refractivity contribution in [3.05, 3.63) is 35.4 Å². The van der Waals surface area contributed by atoms with Gasteiger partial charge in [0.2, 0.25) is 46.8 Å². The number of ether oxygens (including phenoxy) is 5. The van der Waals surface area contributed by atoms with E-state index in [-0.39, 0.29) is 164 Å². The van der Waals surface area contributed by atoms with Crippen molar-refractivity contribution in [1.82, 2.24) is 31.5 Å². The number of imide groups is 1. The largest absolute Gasteiger partial charge is 0.379 e. The first kappa shape index (κ1) is 65.9. The van der Waals surface area contributed by atoms with E-state index in [0.29, 0.717) is 12.0 Å². The molecule has 77 heavy (non-hydrogen) atoms. The van der Waals surface area contributed by atoms with E-state index >= 15 is 0 Å². The molecular formula is C50H70N6O18S3. The van der Waals surface area contributed by atoms with Crippen LogP contribution < -0.4 is 26.6 Å². The van der Waals surface area contributed by atoms with Crippen molar-refractivity contribution in [2.45, 2.75) is 88.0 Å². The van der Waals surface area contributed by atoms with Gasteiger partial charge in [0.15, 0.2) is 34.7 Å². The van der Waals surface area contributed by atoms with Crippen LogP contribution >= 0.6 is 33.3 Å². The standard InChI is InChI=1S/C50H70N6O18S3/c1-32(57)50(33(2)58,34(3)59)41(62)13-18-70-20-22-72-24-25-73-23-21-71-19-16-53-47(68)38(55-44(65)14-26-75-40-28-46(67)56(48(40)69)17-12-39(61)49-76-77-49)29-54-45(66)31-74-30-37(60)27-36-7-5-35(6-8-36)9-10-43(64)52-15-11-42(63)51-4/h5-8,38,40,49H,9-31H2,1-4H3,(H,51,63)(H,52,64)(H,53,68)(H,54,66)(H,55,65). The lowest BCUT2D eigenvalue weighted by molar-refractivity contribution is -0.154. The molecule has 0 saturated carbocycles. The number of aryl methyl sites for hydroxylation is 1. The van der Waals surface area contributed by atoms with E-state index < -0.39 is 76.0 Å². The van der Waals surface area contributed by atoms with Gasteiger partial charge in [0, 0.05) is 83.9 Å². The van der Waals surface area contributed by atoms with E-state index in [1.54, 1.807) is 24.3 Å². The van der Waals surface area contributed by atoms with E-state index in [1.807, 2.05) is 0 Å². The van der Waals surface area contributed by atoms with Gasteiger partial charge in [-0.1, -0.05) is 45.9 Å². The maximum absolute atomic E-state index is 13.3. The molecular weight excluding hydrogens is 1070 g/mol. The normalized spacial score (nSPS) is 14.6. The Kier molecular flexibility index (Phi) is 30.7. The molecule has 5 N–H and O–H groups in total. The summed E-state index contributed by atoms with van der Waals surface area (Å²) in [5.41, 5.74) is -0.728. The van der Waals surface area contributed by atoms with Gasteiger partial charge in [0.05, 0.1) is 58.1 Å². The molecule has 1 aromatic carbocycles. The molecule has 3 rings (SSSR count). The summed E-state index contributed by atoms with van der Waals surface area (Å²) >= 11 is 1.11. The summed E-state index contributed by atoms with van der Waals surface area (Å²) in [6, 6.07) is 5.86. The first-order chi connectivity index (χ1) is 36.8. The van der Waals surface area contributed by atoms with Gasteiger partial charge in [-0.25, -0.2) is 0 Å². The minimum absolute atomic E-state index is 0.00491. The SMILES string of the molecule is CNC(=O)CCNC(=O)CCc1ccc(CC(=O)COCC(=O)NCC(NC(=O)CCSC2CC(=O)N(CCC(=O)C3SS3)C2=O)C(=O)NCCOCCOCCOCCOCCC(=O)C(C(C)=O)(C(C)=O)C(C)=O)cc1. The maximum Gasteiger partial charge on any atom is 0.246 e. The molecule has 2 aliphatic rings. The first-order valence-corrected chi connectivity index (χ1v) is 28.3. The predicted molar refractivity (Wildman–Crippen MR) is 282 cm³/mol. The Morgan fingerprint density at radius 3 is 1.84 bits per heavy atom. The number of benzene rings is 1. The minimum atomic E-state index is -2.31. The Hall–Kier alpha value is -5.42. The van der Waals surface area contributed by atoms with Gasteiger partial charge in [0.1, 0.15) is 23.8 Å². The summed E-state index contributed by atoms with van der Waals surface area (Å²) in [5.74, 6) is -6.57. The van der Waals surface area contributed by atoms with Gasteiger partial charge in [-0.15, -0.1) is 11.8 Å². The van der Waals surface area contributed by atoms with Crippen molar-refractivity contribution < 1.29 is 86.0 Å². The number of nitrogens with one attached hydrogen (secondary N) is 5. The number of hydrogen-bond donors (Lipinski definition) is 5. The van der Waals surface area contributed by atoms with Gasteiger partial charge < -0.3 is 50.3 Å². The summed E-state index contributed by atoms with van der Waals surface area (Å²) in [5, 5.41) is 12.2. The number of hydrogen-bond acceptors (Lipinski definition) is 21. The van der Waals surface area contributed by atoms with Crippen LogP contribution in [0.5, 0.6) is 0 Å². The fourth-order valence-corrected chi connectivity index (χ4v) is 9.93. The van der Waals surface area contributed by atoms with Crippen molar-refractivity contribution in [1.29, 1.82) is 0 Å². The molecule has 0 aliphatic carbocycles. The Bertz CT molecular complexity index is 2210. The number of carbonyl (C=O) groups is 13. The summed E-state index contributed by atoms with van der Waals surface area (Å²) in [6.07, 6.45) is 0.474. The fourth-order valence-electron chi connectivity index (χ4n) is 7.49. The number of rotatable bonds is 43. The number of nitrogens with zero attached hydrogens (tertiary/aromatic N) is 1. The van der Waals surface area contributed by atoms with Gasteiger partial charge in [-0.05, 0) is 38.3 Å². The van der Waals surface area contributed by atoms with E-state index in [1.165, 1.54) is 28.6 Å². The Balaban J connectivity index is 1.37. The molecule has 0 spiro atoms. The summed E-state index contributed by atoms with van der Waals surface area (Å²) in [7, 11) is 4.38. The summed E-state index contributed by atoms with van der Waals surface area (Å²) < 4.78 is 26.9. The van der Waals surface area contributed by atoms with E-state index in [9.17, 15) is 62.3 Å². The number of likely N-dealkylation sites (tertiary alicyclic amines) is 1. The second-order valence-corrected chi connectivity index (χ2v) is 21.6. The van der Waals surface area contributed by atoms with Crippen molar-refractivity contribution in [2.24, 2.45) is 5.41 Å². The van der Waals surface area contributed by atoms with Crippen LogP contribution in [-0.2, 0) is 98.9 Å². The molecule has 2 unspecified atom stereocenters. The number of amides is 7. The van der Waals surface area contributed by atoms with Crippen LogP contribution in [0.1, 0.15) is 70.4 Å². The van der Waals surface area contributed by atoms with Crippen LogP contribution in [0.15, 0.2) is 24.3 Å². The van der Waals surface area contributed by atoms with Crippen LogP contribution in [0.2, 0.25) is 0 Å². The molecule has 2 atom stereocenters. The maximum atomic E-state index is 13.3. The molecule has 7 amide bonds. The summed E-state index contributed by atoms with van der Waals surface area (Å²) in [6.45, 7) is 3.08. The molecule has 24 nitrogen and oxygen atoms in total. The molecule has 2 aliphatic heterocycles. The van der Waals surface area contributed by atoms with Gasteiger partial charge in [-0.2, -0.15) is 0 Å². The highest BCUT2D eigenvalue weighted by Gasteiger charge is 2.51. The molecule has 0 bridgehead atoms. The third kappa shape index (κ3) is 24.4. The second-order valence-electron chi connectivity index (χ2n) is 17.5. The molecule has 2 saturated heterocycles.